The fourth-order valence-electron chi connectivity index (χ4n) is 1.98. The van der Waals surface area contributed by atoms with Crippen molar-refractivity contribution in [2.24, 2.45) is 5.92 Å². The maximum atomic E-state index is 12.7. The van der Waals surface area contributed by atoms with E-state index in [-0.39, 0.29) is 5.83 Å². The van der Waals surface area contributed by atoms with E-state index < -0.39 is 0 Å². The molecule has 0 aromatic carbocycles. The van der Waals surface area contributed by atoms with Gasteiger partial charge in [0, 0.05) is 0 Å². The highest BCUT2D eigenvalue weighted by molar-refractivity contribution is 5.02. The predicted octanol–water partition coefficient (Wildman–Crippen LogP) is 4.61. The van der Waals surface area contributed by atoms with Crippen LogP contribution in [0.4, 0.5) is 4.39 Å². The zero-order valence-corrected chi connectivity index (χ0v) is 8.69. The normalized spacial score (nSPS) is 22.0. The van der Waals surface area contributed by atoms with Gasteiger partial charge < -0.3 is 0 Å². The fourth-order valence-corrected chi connectivity index (χ4v) is 1.98. The maximum absolute atomic E-state index is 12.7. The zero-order valence-electron chi connectivity index (χ0n) is 8.69. The van der Waals surface area contributed by atoms with Crippen molar-refractivity contribution in [2.75, 3.05) is 0 Å². The molecule has 1 unspecified atom stereocenters. The monoisotopic (exact) mass is 184 g/mol. The number of unbranched alkanes of at least 4 members (excludes halogenated alkanes) is 4. The first-order chi connectivity index (χ1) is 6.33. The lowest BCUT2D eigenvalue weighted by atomic mass is 10.0. The number of allylic oxidation sites excluding steroid dienone is 2. The van der Waals surface area contributed by atoms with Crippen molar-refractivity contribution >= 4 is 0 Å². The Morgan fingerprint density at radius 2 is 2.08 bits per heavy atom. The molecule has 0 aliphatic heterocycles. The summed E-state index contributed by atoms with van der Waals surface area (Å²) in [5.41, 5.74) is 0. The molecule has 1 aliphatic carbocycles. The summed E-state index contributed by atoms with van der Waals surface area (Å²) in [6.45, 7) is 2.23. The first-order valence-corrected chi connectivity index (χ1v) is 5.69. The summed E-state index contributed by atoms with van der Waals surface area (Å²) in [7, 11) is 0. The Bertz CT molecular complexity index is 161. The van der Waals surface area contributed by atoms with E-state index in [0.29, 0.717) is 12.3 Å². The van der Waals surface area contributed by atoms with E-state index in [1.165, 1.54) is 38.5 Å². The van der Waals surface area contributed by atoms with Crippen LogP contribution in [0.5, 0.6) is 0 Å². The molecule has 0 spiro atoms. The summed E-state index contributed by atoms with van der Waals surface area (Å²) < 4.78 is 12.7. The maximum Gasteiger partial charge on any atom is 0.0962 e. The Morgan fingerprint density at radius 1 is 1.31 bits per heavy atom. The van der Waals surface area contributed by atoms with Gasteiger partial charge in [-0.3, -0.25) is 0 Å². The SMILES string of the molecule is CCCCCCCC1C=C(F)CC1. The topological polar surface area (TPSA) is 0 Å². The van der Waals surface area contributed by atoms with Crippen LogP contribution in [0.2, 0.25) is 0 Å². The zero-order chi connectivity index (χ0) is 9.52. The minimum atomic E-state index is 0.124. The molecule has 0 aromatic rings. The van der Waals surface area contributed by atoms with Crippen molar-refractivity contribution in [1.29, 1.82) is 0 Å². The van der Waals surface area contributed by atoms with Crippen LogP contribution in [-0.4, -0.2) is 0 Å². The molecule has 1 rings (SSSR count). The highest BCUT2D eigenvalue weighted by Crippen LogP contribution is 2.28. The third-order valence-electron chi connectivity index (χ3n) is 2.85. The van der Waals surface area contributed by atoms with Crippen LogP contribution in [0.1, 0.15) is 58.3 Å². The summed E-state index contributed by atoms with van der Waals surface area (Å²) >= 11 is 0. The molecule has 0 aromatic heterocycles. The van der Waals surface area contributed by atoms with E-state index >= 15 is 0 Å². The number of hydrogen-bond donors (Lipinski definition) is 0. The lowest BCUT2D eigenvalue weighted by molar-refractivity contribution is 0.513. The van der Waals surface area contributed by atoms with Crippen molar-refractivity contribution in [3.05, 3.63) is 11.9 Å². The van der Waals surface area contributed by atoms with Gasteiger partial charge in [-0.2, -0.15) is 0 Å². The van der Waals surface area contributed by atoms with Crippen LogP contribution in [0.25, 0.3) is 0 Å². The van der Waals surface area contributed by atoms with Crippen molar-refractivity contribution in [1.82, 2.24) is 0 Å². The van der Waals surface area contributed by atoms with Crippen molar-refractivity contribution < 1.29 is 4.39 Å². The summed E-state index contributed by atoms with van der Waals surface area (Å²) in [5.74, 6) is 0.681. The summed E-state index contributed by atoms with van der Waals surface area (Å²) in [4.78, 5) is 0. The van der Waals surface area contributed by atoms with E-state index in [2.05, 4.69) is 6.92 Å². The van der Waals surface area contributed by atoms with Crippen LogP contribution in [0, 0.1) is 5.92 Å². The molecule has 76 valence electrons. The number of hydrogen-bond acceptors (Lipinski definition) is 0. The largest absolute Gasteiger partial charge is 0.212 e. The Labute approximate surface area is 81.2 Å². The van der Waals surface area contributed by atoms with Crippen molar-refractivity contribution in [2.45, 2.75) is 58.3 Å². The number of halogens is 1. The Morgan fingerprint density at radius 3 is 2.69 bits per heavy atom. The van der Waals surface area contributed by atoms with Crippen LogP contribution >= 0.6 is 0 Å². The lowest BCUT2D eigenvalue weighted by Gasteiger charge is -2.05. The van der Waals surface area contributed by atoms with Gasteiger partial charge in [0.25, 0.3) is 0 Å². The second-order valence-electron chi connectivity index (χ2n) is 4.12. The van der Waals surface area contributed by atoms with Crippen LogP contribution in [0.3, 0.4) is 0 Å². The van der Waals surface area contributed by atoms with Gasteiger partial charge in [-0.25, -0.2) is 4.39 Å². The van der Waals surface area contributed by atoms with Crippen molar-refractivity contribution in [3.8, 4) is 0 Å². The van der Waals surface area contributed by atoms with E-state index in [9.17, 15) is 4.39 Å². The van der Waals surface area contributed by atoms with Crippen LogP contribution < -0.4 is 0 Å². The van der Waals surface area contributed by atoms with Gasteiger partial charge in [-0.15, -0.1) is 0 Å². The molecule has 1 heteroatoms. The van der Waals surface area contributed by atoms with Crippen molar-refractivity contribution in [3.63, 3.8) is 0 Å². The third kappa shape index (κ3) is 4.44. The molecule has 0 fully saturated rings. The van der Waals surface area contributed by atoms with Crippen LogP contribution in [-0.2, 0) is 0 Å². The van der Waals surface area contributed by atoms with Gasteiger partial charge in [-0.1, -0.05) is 39.0 Å². The van der Waals surface area contributed by atoms with Gasteiger partial charge in [0.15, 0.2) is 0 Å². The molecule has 0 saturated heterocycles. The molecule has 0 bridgehead atoms. The molecule has 1 atom stereocenters. The molecule has 0 N–H and O–H groups in total. The van der Waals surface area contributed by atoms with Gasteiger partial charge in [0.05, 0.1) is 5.83 Å². The molecular weight excluding hydrogens is 163 g/mol. The molecule has 0 radical (unpaired) electrons. The molecule has 0 amide bonds. The second-order valence-corrected chi connectivity index (χ2v) is 4.12. The van der Waals surface area contributed by atoms with E-state index in [4.69, 9.17) is 0 Å². The Balaban J connectivity index is 1.94. The average molecular weight is 184 g/mol. The average Bonchev–Trinajstić information content (AvgIpc) is 2.51. The highest BCUT2D eigenvalue weighted by atomic mass is 19.1. The highest BCUT2D eigenvalue weighted by Gasteiger charge is 2.14. The van der Waals surface area contributed by atoms with E-state index in [1.54, 1.807) is 0 Å². The van der Waals surface area contributed by atoms with Gasteiger partial charge >= 0.3 is 0 Å². The lowest BCUT2D eigenvalue weighted by Crippen LogP contribution is -1.91. The summed E-state index contributed by atoms with van der Waals surface area (Å²) in [5, 5.41) is 0. The molecular formula is C12H21F. The number of rotatable bonds is 6. The standard InChI is InChI=1S/C12H21F/c1-2-3-4-5-6-7-11-8-9-12(13)10-11/h10-11H,2-9H2,1H3. The first-order valence-electron chi connectivity index (χ1n) is 5.69. The Kier molecular flexibility index (Phi) is 5.10. The molecule has 1 aliphatic rings. The second kappa shape index (κ2) is 6.17. The quantitative estimate of drug-likeness (QED) is 0.529. The summed E-state index contributed by atoms with van der Waals surface area (Å²) in [6, 6.07) is 0. The van der Waals surface area contributed by atoms with Gasteiger partial charge in [-0.05, 0) is 31.3 Å². The first kappa shape index (κ1) is 10.7. The summed E-state index contributed by atoms with van der Waals surface area (Å²) in [6.07, 6.45) is 11.4. The van der Waals surface area contributed by atoms with Gasteiger partial charge in [0.2, 0.25) is 0 Å². The third-order valence-corrected chi connectivity index (χ3v) is 2.85. The molecule has 13 heavy (non-hydrogen) atoms. The smallest absolute Gasteiger partial charge is 0.0962 e. The Hall–Kier alpha value is -0.330. The predicted molar refractivity (Wildman–Crippen MR) is 55.3 cm³/mol. The molecule has 0 heterocycles. The van der Waals surface area contributed by atoms with E-state index in [1.807, 2.05) is 6.08 Å². The van der Waals surface area contributed by atoms with Gasteiger partial charge in [0.1, 0.15) is 0 Å². The minimum absolute atomic E-state index is 0.124. The fraction of sp³-hybridized carbons (Fsp3) is 0.833. The molecule has 0 nitrogen and oxygen atoms in total. The minimum Gasteiger partial charge on any atom is -0.212 e. The molecule has 0 saturated carbocycles. The van der Waals surface area contributed by atoms with Crippen LogP contribution in [0.15, 0.2) is 11.9 Å². The van der Waals surface area contributed by atoms with E-state index in [0.717, 1.165) is 6.42 Å².